The van der Waals surface area contributed by atoms with Gasteiger partial charge in [0, 0.05) is 24.7 Å². The van der Waals surface area contributed by atoms with Gasteiger partial charge < -0.3 is 24.8 Å². The molecule has 0 saturated carbocycles. The first kappa shape index (κ1) is 18.0. The molecule has 1 saturated heterocycles. The molecule has 3 rings (SSSR count). The predicted octanol–water partition coefficient (Wildman–Crippen LogP) is 1.53. The Labute approximate surface area is 151 Å². The number of carbonyl (C=O) groups excluding carboxylic acids is 2. The lowest BCUT2D eigenvalue weighted by Gasteiger charge is -2.19. The van der Waals surface area contributed by atoms with Crippen molar-refractivity contribution in [3.05, 3.63) is 18.2 Å². The Balaban J connectivity index is 1.65. The van der Waals surface area contributed by atoms with Crippen molar-refractivity contribution in [3.63, 3.8) is 0 Å². The second kappa shape index (κ2) is 7.63. The number of ether oxygens (including phenoxy) is 2. The number of rotatable bonds is 7. The molecule has 0 radical (unpaired) electrons. The summed E-state index contributed by atoms with van der Waals surface area (Å²) in [5.74, 6) is -1.02. The van der Waals surface area contributed by atoms with Crippen LogP contribution in [0.4, 0.5) is 5.69 Å². The maximum Gasteiger partial charge on any atom is 0.326 e. The fourth-order valence-corrected chi connectivity index (χ4v) is 3.14. The minimum absolute atomic E-state index is 0.0559. The third-order valence-corrected chi connectivity index (χ3v) is 4.62. The number of fused-ring (bicyclic) bond motifs is 1. The van der Waals surface area contributed by atoms with E-state index in [-0.39, 0.29) is 25.7 Å². The van der Waals surface area contributed by atoms with Gasteiger partial charge in [-0.05, 0) is 18.6 Å². The first-order chi connectivity index (χ1) is 12.5. The van der Waals surface area contributed by atoms with Crippen LogP contribution in [-0.2, 0) is 14.4 Å². The van der Waals surface area contributed by atoms with E-state index < -0.39 is 23.8 Å². The first-order valence-electron chi connectivity index (χ1n) is 8.72. The highest BCUT2D eigenvalue weighted by Crippen LogP contribution is 2.37. The summed E-state index contributed by atoms with van der Waals surface area (Å²) in [5, 5.41) is 11.8. The number of nitrogens with one attached hydrogen (secondary N) is 1. The van der Waals surface area contributed by atoms with E-state index in [2.05, 4.69) is 5.32 Å². The van der Waals surface area contributed by atoms with Gasteiger partial charge in [-0.2, -0.15) is 0 Å². The molecule has 2 unspecified atom stereocenters. The van der Waals surface area contributed by atoms with Crippen LogP contribution in [0.5, 0.6) is 11.5 Å². The highest BCUT2D eigenvalue weighted by molar-refractivity contribution is 6.01. The molecule has 1 fully saturated rings. The number of carboxylic acids is 1. The molecule has 2 atom stereocenters. The Morgan fingerprint density at radius 3 is 2.85 bits per heavy atom. The standard InChI is InChI=1S/C18H22N2O6/c1-2-3-4-13(18(23)24)19-17(22)11-7-16(21)20(9-11)12-5-6-14-15(8-12)26-10-25-14/h5-6,8,11,13H,2-4,7,9-10H2,1H3,(H,19,22)(H,23,24). The molecule has 8 nitrogen and oxygen atoms in total. The Hall–Kier alpha value is -2.77. The Bertz CT molecular complexity index is 720. The molecule has 2 heterocycles. The molecular formula is C18H22N2O6. The fraction of sp³-hybridized carbons (Fsp3) is 0.500. The van der Waals surface area contributed by atoms with Crippen LogP contribution in [0.2, 0.25) is 0 Å². The largest absolute Gasteiger partial charge is 0.480 e. The number of carboxylic acid groups (broad SMARTS) is 1. The summed E-state index contributed by atoms with van der Waals surface area (Å²) in [6.45, 7) is 2.32. The number of amides is 2. The van der Waals surface area contributed by atoms with E-state index in [0.29, 0.717) is 30.0 Å². The third-order valence-electron chi connectivity index (χ3n) is 4.62. The Morgan fingerprint density at radius 2 is 2.12 bits per heavy atom. The molecule has 1 aromatic carbocycles. The van der Waals surface area contributed by atoms with Crippen LogP contribution < -0.4 is 19.7 Å². The average molecular weight is 362 g/mol. The molecule has 26 heavy (non-hydrogen) atoms. The topological polar surface area (TPSA) is 105 Å². The number of carbonyl (C=O) groups is 3. The summed E-state index contributed by atoms with van der Waals surface area (Å²) >= 11 is 0. The van der Waals surface area contributed by atoms with Gasteiger partial charge in [-0.15, -0.1) is 0 Å². The van der Waals surface area contributed by atoms with Crippen molar-refractivity contribution in [2.75, 3.05) is 18.2 Å². The maximum atomic E-state index is 12.4. The first-order valence-corrected chi connectivity index (χ1v) is 8.72. The number of benzene rings is 1. The van der Waals surface area contributed by atoms with Crippen molar-refractivity contribution in [2.45, 2.75) is 38.6 Å². The number of aliphatic carboxylic acids is 1. The Morgan fingerprint density at radius 1 is 1.35 bits per heavy atom. The van der Waals surface area contributed by atoms with E-state index in [9.17, 15) is 19.5 Å². The van der Waals surface area contributed by atoms with Gasteiger partial charge in [0.25, 0.3) is 0 Å². The number of nitrogens with zero attached hydrogens (tertiary/aromatic N) is 1. The van der Waals surface area contributed by atoms with Crippen LogP contribution in [0.3, 0.4) is 0 Å². The van der Waals surface area contributed by atoms with Crippen LogP contribution in [0.15, 0.2) is 18.2 Å². The van der Waals surface area contributed by atoms with E-state index in [1.165, 1.54) is 4.90 Å². The van der Waals surface area contributed by atoms with Gasteiger partial charge in [0.05, 0.1) is 5.92 Å². The maximum absolute atomic E-state index is 12.4. The zero-order valence-corrected chi connectivity index (χ0v) is 14.6. The van der Waals surface area contributed by atoms with Crippen LogP contribution in [0, 0.1) is 5.92 Å². The minimum Gasteiger partial charge on any atom is -0.480 e. The van der Waals surface area contributed by atoms with Gasteiger partial charge in [-0.25, -0.2) is 4.79 Å². The van der Waals surface area contributed by atoms with Gasteiger partial charge in [-0.3, -0.25) is 9.59 Å². The van der Waals surface area contributed by atoms with Crippen LogP contribution in [0.25, 0.3) is 0 Å². The fourth-order valence-electron chi connectivity index (χ4n) is 3.14. The molecule has 1 aromatic rings. The molecule has 2 N–H and O–H groups in total. The molecule has 8 heteroatoms. The highest BCUT2D eigenvalue weighted by Gasteiger charge is 2.37. The molecule has 0 aromatic heterocycles. The number of hydrogen-bond acceptors (Lipinski definition) is 5. The average Bonchev–Trinajstić information content (AvgIpc) is 3.23. The monoisotopic (exact) mass is 362 g/mol. The van der Waals surface area contributed by atoms with Crippen LogP contribution in [-0.4, -0.2) is 42.3 Å². The Kier molecular flexibility index (Phi) is 5.29. The summed E-state index contributed by atoms with van der Waals surface area (Å²) in [4.78, 5) is 37.6. The normalized spacial score (nSPS) is 19.5. The van der Waals surface area contributed by atoms with Crippen molar-refractivity contribution in [1.82, 2.24) is 5.32 Å². The van der Waals surface area contributed by atoms with Crippen molar-refractivity contribution in [1.29, 1.82) is 0 Å². The van der Waals surface area contributed by atoms with Gasteiger partial charge >= 0.3 is 5.97 Å². The summed E-state index contributed by atoms with van der Waals surface area (Å²) in [7, 11) is 0. The lowest BCUT2D eigenvalue weighted by Crippen LogP contribution is -2.44. The van der Waals surface area contributed by atoms with Crippen LogP contribution in [0.1, 0.15) is 32.6 Å². The molecule has 2 aliphatic rings. The minimum atomic E-state index is -1.05. The van der Waals surface area contributed by atoms with E-state index in [1.807, 2.05) is 6.92 Å². The molecule has 0 bridgehead atoms. The zero-order chi connectivity index (χ0) is 18.7. The number of anilines is 1. The molecule has 0 aliphatic carbocycles. The highest BCUT2D eigenvalue weighted by atomic mass is 16.7. The second-order valence-corrected chi connectivity index (χ2v) is 6.48. The molecule has 2 amide bonds. The van der Waals surface area contributed by atoms with Gasteiger partial charge in [0.1, 0.15) is 6.04 Å². The van der Waals surface area contributed by atoms with Gasteiger partial charge in [0.2, 0.25) is 18.6 Å². The quantitative estimate of drug-likeness (QED) is 0.762. The van der Waals surface area contributed by atoms with E-state index in [4.69, 9.17) is 9.47 Å². The SMILES string of the molecule is CCCCC(NC(=O)C1CC(=O)N(c2ccc3c(c2)OCO3)C1)C(=O)O. The van der Waals surface area contributed by atoms with Crippen molar-refractivity contribution in [2.24, 2.45) is 5.92 Å². The van der Waals surface area contributed by atoms with Crippen molar-refractivity contribution >= 4 is 23.5 Å². The summed E-state index contributed by atoms with van der Waals surface area (Å²) in [6.07, 6.45) is 1.99. The van der Waals surface area contributed by atoms with E-state index >= 15 is 0 Å². The molecule has 140 valence electrons. The van der Waals surface area contributed by atoms with Gasteiger partial charge in [0.15, 0.2) is 11.5 Å². The number of hydrogen-bond donors (Lipinski definition) is 2. The third kappa shape index (κ3) is 3.74. The summed E-state index contributed by atoms with van der Waals surface area (Å²) in [5.41, 5.74) is 0.635. The summed E-state index contributed by atoms with van der Waals surface area (Å²) < 4.78 is 10.6. The lowest BCUT2D eigenvalue weighted by molar-refractivity contribution is -0.142. The van der Waals surface area contributed by atoms with E-state index in [0.717, 1.165) is 6.42 Å². The summed E-state index contributed by atoms with van der Waals surface area (Å²) in [6, 6.07) is 4.26. The van der Waals surface area contributed by atoms with Crippen molar-refractivity contribution in [3.8, 4) is 11.5 Å². The number of unbranched alkanes of at least 4 members (excludes halogenated alkanes) is 1. The lowest BCUT2D eigenvalue weighted by atomic mass is 10.1. The van der Waals surface area contributed by atoms with Crippen molar-refractivity contribution < 1.29 is 29.0 Å². The second-order valence-electron chi connectivity index (χ2n) is 6.48. The smallest absolute Gasteiger partial charge is 0.326 e. The van der Waals surface area contributed by atoms with E-state index in [1.54, 1.807) is 18.2 Å². The van der Waals surface area contributed by atoms with Crippen LogP contribution >= 0.6 is 0 Å². The zero-order valence-electron chi connectivity index (χ0n) is 14.6. The molecule has 2 aliphatic heterocycles. The molecule has 0 spiro atoms. The predicted molar refractivity (Wildman–Crippen MR) is 92.1 cm³/mol. The molecular weight excluding hydrogens is 340 g/mol. The van der Waals surface area contributed by atoms with Gasteiger partial charge in [-0.1, -0.05) is 19.8 Å².